The first-order valence-corrected chi connectivity index (χ1v) is 14.7. The van der Waals surface area contributed by atoms with Crippen molar-refractivity contribution in [1.29, 1.82) is 0 Å². The van der Waals surface area contributed by atoms with Crippen LogP contribution in [-0.4, -0.2) is 83.7 Å². The Morgan fingerprint density at radius 1 is 0.484 bits per heavy atom. The van der Waals surface area contributed by atoms with Crippen LogP contribution in [0, 0.1) is 0 Å². The molecule has 0 aromatic heterocycles. The maximum atomic E-state index is 12.2. The molecule has 0 saturated heterocycles. The molecular formula is C18H42N4O6S3. The third-order valence-electron chi connectivity index (χ3n) is 4.58. The van der Waals surface area contributed by atoms with E-state index in [-0.39, 0.29) is 19.6 Å². The van der Waals surface area contributed by atoms with Crippen LogP contribution < -0.4 is 14.2 Å². The highest BCUT2D eigenvalue weighted by molar-refractivity contribution is 7.91. The molecular weight excluding hydrogens is 464 g/mol. The molecule has 0 spiro atoms. The molecule has 0 aromatic rings. The van der Waals surface area contributed by atoms with Crippen LogP contribution >= 0.6 is 0 Å². The van der Waals surface area contributed by atoms with Crippen LogP contribution in [0.3, 0.4) is 0 Å². The van der Waals surface area contributed by atoms with Crippen LogP contribution in [0.5, 0.6) is 0 Å². The first kappa shape index (κ1) is 30.7. The lowest BCUT2D eigenvalue weighted by atomic mass is 10.3. The predicted octanol–water partition coefficient (Wildman–Crippen LogP) is 0.442. The van der Waals surface area contributed by atoms with E-state index in [1.165, 1.54) is 0 Å². The van der Waals surface area contributed by atoms with Crippen LogP contribution in [0.2, 0.25) is 0 Å². The lowest BCUT2D eigenvalue weighted by Crippen LogP contribution is -2.48. The molecule has 10 nitrogen and oxygen atoms in total. The van der Waals surface area contributed by atoms with Gasteiger partial charge in [-0.1, -0.05) is 0 Å². The van der Waals surface area contributed by atoms with Crippen molar-refractivity contribution in [2.45, 2.75) is 76.6 Å². The van der Waals surface area contributed by atoms with Crippen molar-refractivity contribution in [1.82, 2.24) is 19.1 Å². The minimum Gasteiger partial charge on any atom is -0.299 e. The minimum atomic E-state index is -3.52. The van der Waals surface area contributed by atoms with Crippen molar-refractivity contribution >= 4 is 30.1 Å². The van der Waals surface area contributed by atoms with Gasteiger partial charge in [0.1, 0.15) is 0 Å². The molecule has 0 unspecified atom stereocenters. The molecule has 0 aliphatic rings. The molecule has 3 N–H and O–H groups in total. The van der Waals surface area contributed by atoms with E-state index in [1.807, 2.05) is 4.90 Å². The van der Waals surface area contributed by atoms with E-state index in [2.05, 4.69) is 14.2 Å². The summed E-state index contributed by atoms with van der Waals surface area (Å²) in [5.74, 6) is 0. The summed E-state index contributed by atoms with van der Waals surface area (Å²) < 4.78 is 78.2. The highest BCUT2D eigenvalue weighted by Gasteiger charge is 2.30. The summed E-state index contributed by atoms with van der Waals surface area (Å²) in [7, 11) is -10.6. The monoisotopic (exact) mass is 506 g/mol. The van der Waals surface area contributed by atoms with Gasteiger partial charge in [0, 0.05) is 39.3 Å². The van der Waals surface area contributed by atoms with Crippen LogP contribution in [-0.2, 0) is 30.1 Å². The molecule has 0 aromatic carbocycles. The number of hydrogen-bond donors (Lipinski definition) is 3. The molecule has 0 heterocycles. The van der Waals surface area contributed by atoms with E-state index >= 15 is 0 Å². The van der Waals surface area contributed by atoms with Gasteiger partial charge in [-0.2, -0.15) is 0 Å². The molecule has 0 amide bonds. The average Bonchev–Trinajstić information content (AvgIpc) is 2.50. The second-order valence-corrected chi connectivity index (χ2v) is 17.9. The zero-order chi connectivity index (χ0) is 24.9. The fourth-order valence-corrected chi connectivity index (χ4v) is 4.38. The molecule has 13 heteroatoms. The quantitative estimate of drug-likeness (QED) is 0.349. The van der Waals surface area contributed by atoms with Crippen molar-refractivity contribution in [2.24, 2.45) is 0 Å². The summed E-state index contributed by atoms with van der Waals surface area (Å²) in [6, 6.07) is 0. The van der Waals surface area contributed by atoms with Gasteiger partial charge in [-0.25, -0.2) is 39.4 Å². The van der Waals surface area contributed by atoms with E-state index in [9.17, 15) is 25.3 Å². The number of nitrogens with zero attached hydrogens (tertiary/aromatic N) is 1. The van der Waals surface area contributed by atoms with Crippen molar-refractivity contribution in [3.63, 3.8) is 0 Å². The van der Waals surface area contributed by atoms with E-state index in [0.717, 1.165) is 0 Å². The fourth-order valence-electron chi connectivity index (χ4n) is 2.00. The summed E-state index contributed by atoms with van der Waals surface area (Å²) in [4.78, 5) is 1.81. The summed E-state index contributed by atoms with van der Waals surface area (Å²) in [6.45, 7) is 15.6. The SMILES string of the molecule is CC(C)(C)S(=O)(=O)NCCN(CCNS(=O)(=O)C(C)(C)C)CCNS(=O)(=O)C(C)(C)C. The Morgan fingerprint density at radius 2 is 0.677 bits per heavy atom. The Hall–Kier alpha value is -0.310. The number of sulfonamides is 3. The van der Waals surface area contributed by atoms with Crippen molar-refractivity contribution < 1.29 is 25.3 Å². The fraction of sp³-hybridized carbons (Fsp3) is 1.00. The summed E-state index contributed by atoms with van der Waals surface area (Å²) in [6.07, 6.45) is 0. The van der Waals surface area contributed by atoms with Gasteiger partial charge in [0.2, 0.25) is 30.1 Å². The van der Waals surface area contributed by atoms with E-state index in [1.54, 1.807) is 62.3 Å². The van der Waals surface area contributed by atoms with Crippen LogP contribution in [0.4, 0.5) is 0 Å². The smallest absolute Gasteiger partial charge is 0.216 e. The first-order valence-electron chi connectivity index (χ1n) is 10.2. The Balaban J connectivity index is 5.05. The largest absolute Gasteiger partial charge is 0.299 e. The standard InChI is InChI=1S/C18H42N4O6S3/c1-16(2,3)29(23,24)19-10-13-22(14-11-20-30(25,26)17(4,5)6)15-12-21-31(27,28)18(7,8)9/h19-21H,10-15H2,1-9H3. The Morgan fingerprint density at radius 3 is 0.839 bits per heavy atom. The van der Waals surface area contributed by atoms with Gasteiger partial charge in [0.15, 0.2) is 0 Å². The summed E-state index contributed by atoms with van der Waals surface area (Å²) in [5, 5.41) is 0. The molecule has 0 saturated carbocycles. The second kappa shape index (κ2) is 10.7. The lowest BCUT2D eigenvalue weighted by Gasteiger charge is -2.26. The molecule has 0 fully saturated rings. The molecule has 0 bridgehead atoms. The zero-order valence-corrected chi connectivity index (χ0v) is 22.8. The Kier molecular flexibility index (Phi) is 10.6. The van der Waals surface area contributed by atoms with Crippen molar-refractivity contribution in [2.75, 3.05) is 39.3 Å². The zero-order valence-electron chi connectivity index (χ0n) is 20.4. The summed E-state index contributed by atoms with van der Waals surface area (Å²) >= 11 is 0. The topological polar surface area (TPSA) is 142 Å². The Labute approximate surface area is 190 Å². The van der Waals surface area contributed by atoms with Gasteiger partial charge in [0.05, 0.1) is 14.2 Å². The normalized spacial score (nSPS) is 14.9. The van der Waals surface area contributed by atoms with Gasteiger partial charge in [-0.3, -0.25) is 4.90 Å². The van der Waals surface area contributed by atoms with Gasteiger partial charge in [0.25, 0.3) is 0 Å². The Bertz CT molecular complexity index is 759. The van der Waals surface area contributed by atoms with E-state index in [4.69, 9.17) is 0 Å². The average molecular weight is 507 g/mol. The van der Waals surface area contributed by atoms with Gasteiger partial charge in [-0.05, 0) is 62.3 Å². The number of rotatable bonds is 12. The van der Waals surface area contributed by atoms with Gasteiger partial charge < -0.3 is 0 Å². The van der Waals surface area contributed by atoms with Gasteiger partial charge in [-0.15, -0.1) is 0 Å². The first-order chi connectivity index (χ1) is 13.5. The van der Waals surface area contributed by atoms with E-state index < -0.39 is 44.3 Å². The molecule has 188 valence electrons. The highest BCUT2D eigenvalue weighted by Crippen LogP contribution is 2.14. The summed E-state index contributed by atoms with van der Waals surface area (Å²) in [5.41, 5.74) is 0. The second-order valence-electron chi connectivity index (χ2n) is 10.4. The molecule has 0 rings (SSSR count). The van der Waals surface area contributed by atoms with Crippen molar-refractivity contribution in [3.05, 3.63) is 0 Å². The third-order valence-corrected chi connectivity index (χ3v) is 11.2. The molecule has 0 radical (unpaired) electrons. The predicted molar refractivity (Wildman–Crippen MR) is 126 cm³/mol. The van der Waals surface area contributed by atoms with Crippen LogP contribution in [0.15, 0.2) is 0 Å². The number of hydrogen-bond acceptors (Lipinski definition) is 7. The number of nitrogens with one attached hydrogen (secondary N) is 3. The van der Waals surface area contributed by atoms with Crippen molar-refractivity contribution in [3.8, 4) is 0 Å². The third kappa shape index (κ3) is 10.0. The highest BCUT2D eigenvalue weighted by atomic mass is 32.2. The molecule has 0 aliphatic carbocycles. The van der Waals surface area contributed by atoms with E-state index in [0.29, 0.717) is 19.6 Å². The maximum absolute atomic E-state index is 12.2. The molecule has 31 heavy (non-hydrogen) atoms. The lowest BCUT2D eigenvalue weighted by molar-refractivity contribution is 0.286. The van der Waals surface area contributed by atoms with Crippen LogP contribution in [0.25, 0.3) is 0 Å². The minimum absolute atomic E-state index is 0.123. The maximum Gasteiger partial charge on any atom is 0.216 e. The van der Waals surface area contributed by atoms with Crippen LogP contribution in [0.1, 0.15) is 62.3 Å². The molecule has 0 aliphatic heterocycles. The molecule has 0 atom stereocenters. The van der Waals surface area contributed by atoms with Gasteiger partial charge >= 0.3 is 0 Å².